The molecule has 1 aliphatic heterocycles. The lowest BCUT2D eigenvalue weighted by Crippen LogP contribution is -2.37. The second-order valence-electron chi connectivity index (χ2n) is 7.07. The summed E-state index contributed by atoms with van der Waals surface area (Å²) in [5.41, 5.74) is 0.223. The highest BCUT2D eigenvalue weighted by Crippen LogP contribution is 2.16. The Bertz CT molecular complexity index is 434. The van der Waals surface area contributed by atoms with E-state index in [1.807, 2.05) is 0 Å². The molecule has 6 heteroatoms. The van der Waals surface area contributed by atoms with Gasteiger partial charge < -0.3 is 10.6 Å². The maximum absolute atomic E-state index is 11.6. The number of nitrogens with zero attached hydrogens (tertiary/aromatic N) is 1. The number of urea groups is 1. The molecule has 6 nitrogen and oxygen atoms in total. The van der Waals surface area contributed by atoms with Crippen LogP contribution in [-0.4, -0.2) is 42.4 Å². The minimum Gasteiger partial charge on any atom is -0.338 e. The number of carbonyl (C=O) groups is 3. The molecule has 130 valence electrons. The van der Waals surface area contributed by atoms with E-state index in [0.717, 1.165) is 32.1 Å². The summed E-state index contributed by atoms with van der Waals surface area (Å²) in [4.78, 5) is 35.5. The number of hydrogen-bond donors (Lipinski definition) is 2. The first kappa shape index (κ1) is 19.2. The summed E-state index contributed by atoms with van der Waals surface area (Å²) in [6.07, 6.45) is 7.17. The van der Waals surface area contributed by atoms with Crippen LogP contribution in [0.5, 0.6) is 0 Å². The minimum absolute atomic E-state index is 0.117. The van der Waals surface area contributed by atoms with Crippen LogP contribution in [0.1, 0.15) is 52.9 Å². The standard InChI is InChI=1S/C17H29N3O3/c1-17(2,3)10-12-19-16(23)18-11-6-4-5-7-13-20-14(21)8-9-15(20)22/h8-9H,4-7,10-13H2,1-3H3,(H2,18,19,23). The predicted molar refractivity (Wildman–Crippen MR) is 89.8 cm³/mol. The topological polar surface area (TPSA) is 78.5 Å². The molecule has 0 bridgehead atoms. The van der Waals surface area contributed by atoms with Gasteiger partial charge in [0.25, 0.3) is 11.8 Å². The van der Waals surface area contributed by atoms with Crippen LogP contribution in [0.3, 0.4) is 0 Å². The van der Waals surface area contributed by atoms with E-state index in [4.69, 9.17) is 0 Å². The normalized spacial score (nSPS) is 14.5. The van der Waals surface area contributed by atoms with Crippen LogP contribution in [0.2, 0.25) is 0 Å². The van der Waals surface area contributed by atoms with Crippen molar-refractivity contribution in [3.05, 3.63) is 12.2 Å². The molecule has 0 unspecified atom stereocenters. The van der Waals surface area contributed by atoms with Gasteiger partial charge in [0.05, 0.1) is 0 Å². The van der Waals surface area contributed by atoms with Crippen molar-refractivity contribution >= 4 is 17.8 Å². The number of nitrogens with one attached hydrogen (secondary N) is 2. The van der Waals surface area contributed by atoms with E-state index in [0.29, 0.717) is 19.6 Å². The van der Waals surface area contributed by atoms with Gasteiger partial charge in [0.2, 0.25) is 0 Å². The Hall–Kier alpha value is -1.85. The van der Waals surface area contributed by atoms with Crippen LogP contribution in [0.4, 0.5) is 4.79 Å². The van der Waals surface area contributed by atoms with Crippen molar-refractivity contribution in [2.24, 2.45) is 5.41 Å². The van der Waals surface area contributed by atoms with Crippen LogP contribution in [0, 0.1) is 5.41 Å². The summed E-state index contributed by atoms with van der Waals surface area (Å²) in [5.74, 6) is -0.438. The third-order valence-corrected chi connectivity index (χ3v) is 3.66. The molecule has 0 atom stereocenters. The van der Waals surface area contributed by atoms with Gasteiger partial charge in [-0.25, -0.2) is 4.79 Å². The summed E-state index contributed by atoms with van der Waals surface area (Å²) < 4.78 is 0. The Labute approximate surface area is 138 Å². The molecule has 2 N–H and O–H groups in total. The zero-order valence-electron chi connectivity index (χ0n) is 14.5. The Balaban J connectivity index is 1.94. The molecule has 0 saturated heterocycles. The number of hydrogen-bond acceptors (Lipinski definition) is 3. The summed E-state index contributed by atoms with van der Waals surface area (Å²) >= 11 is 0. The number of imide groups is 1. The molecule has 0 saturated carbocycles. The highest BCUT2D eigenvalue weighted by molar-refractivity contribution is 6.12. The van der Waals surface area contributed by atoms with Gasteiger partial charge >= 0.3 is 6.03 Å². The lowest BCUT2D eigenvalue weighted by Gasteiger charge is -2.18. The Morgan fingerprint density at radius 1 is 0.957 bits per heavy atom. The second kappa shape index (κ2) is 9.33. The summed E-state index contributed by atoms with van der Waals surface area (Å²) in [7, 11) is 0. The third-order valence-electron chi connectivity index (χ3n) is 3.66. The van der Waals surface area contributed by atoms with Gasteiger partial charge in [0, 0.05) is 31.8 Å². The Morgan fingerprint density at radius 2 is 1.52 bits per heavy atom. The smallest absolute Gasteiger partial charge is 0.314 e. The molecule has 1 rings (SSSR count). The van der Waals surface area contributed by atoms with E-state index < -0.39 is 0 Å². The van der Waals surface area contributed by atoms with E-state index in [9.17, 15) is 14.4 Å². The average molecular weight is 323 g/mol. The van der Waals surface area contributed by atoms with Crippen molar-refractivity contribution < 1.29 is 14.4 Å². The summed E-state index contributed by atoms with van der Waals surface area (Å²) in [6.45, 7) is 8.24. The van der Waals surface area contributed by atoms with Crippen molar-refractivity contribution in [3.63, 3.8) is 0 Å². The predicted octanol–water partition coefficient (Wildman–Crippen LogP) is 2.21. The van der Waals surface area contributed by atoms with Crippen LogP contribution >= 0.6 is 0 Å². The highest BCUT2D eigenvalue weighted by atomic mass is 16.2. The minimum atomic E-state index is -0.219. The first-order valence-corrected chi connectivity index (χ1v) is 8.35. The summed E-state index contributed by atoms with van der Waals surface area (Å²) in [5, 5.41) is 5.69. The SMILES string of the molecule is CC(C)(C)CCNC(=O)NCCCCCCN1C(=O)C=CC1=O. The third kappa shape index (κ3) is 8.38. The molecule has 0 aromatic rings. The van der Waals surface area contributed by atoms with E-state index in [2.05, 4.69) is 31.4 Å². The van der Waals surface area contributed by atoms with Gasteiger partial charge in [-0.1, -0.05) is 33.6 Å². The molecule has 4 amide bonds. The molecule has 0 spiro atoms. The lowest BCUT2D eigenvalue weighted by atomic mass is 9.92. The zero-order chi connectivity index (χ0) is 17.3. The monoisotopic (exact) mass is 323 g/mol. The maximum atomic E-state index is 11.6. The zero-order valence-corrected chi connectivity index (χ0v) is 14.5. The van der Waals surface area contributed by atoms with Crippen LogP contribution in [0.25, 0.3) is 0 Å². The molecule has 1 aliphatic rings. The average Bonchev–Trinajstić information content (AvgIpc) is 2.76. The highest BCUT2D eigenvalue weighted by Gasteiger charge is 2.22. The van der Waals surface area contributed by atoms with Gasteiger partial charge in [-0.15, -0.1) is 0 Å². The molecule has 0 aromatic heterocycles. The maximum Gasteiger partial charge on any atom is 0.314 e. The van der Waals surface area contributed by atoms with E-state index >= 15 is 0 Å². The number of rotatable bonds is 9. The molecule has 0 aromatic carbocycles. The van der Waals surface area contributed by atoms with Crippen molar-refractivity contribution in [1.29, 1.82) is 0 Å². The quantitative estimate of drug-likeness (QED) is 0.504. The van der Waals surface area contributed by atoms with Crippen LogP contribution in [0.15, 0.2) is 12.2 Å². The fourth-order valence-corrected chi connectivity index (χ4v) is 2.22. The molecule has 1 heterocycles. The second-order valence-corrected chi connectivity index (χ2v) is 7.07. The van der Waals surface area contributed by atoms with Crippen LogP contribution < -0.4 is 10.6 Å². The van der Waals surface area contributed by atoms with Crippen LogP contribution in [-0.2, 0) is 9.59 Å². The Kier molecular flexibility index (Phi) is 7.78. The lowest BCUT2D eigenvalue weighted by molar-refractivity contribution is -0.136. The van der Waals surface area contributed by atoms with Gasteiger partial charge in [-0.3, -0.25) is 14.5 Å². The number of amides is 4. The number of unbranched alkanes of at least 4 members (excludes halogenated alkanes) is 3. The van der Waals surface area contributed by atoms with E-state index in [1.54, 1.807) is 0 Å². The van der Waals surface area contributed by atoms with Crippen molar-refractivity contribution in [3.8, 4) is 0 Å². The molecule has 0 fully saturated rings. The summed E-state index contributed by atoms with van der Waals surface area (Å²) in [6, 6.07) is -0.117. The largest absolute Gasteiger partial charge is 0.338 e. The van der Waals surface area contributed by atoms with E-state index in [-0.39, 0.29) is 23.3 Å². The molecule has 23 heavy (non-hydrogen) atoms. The van der Waals surface area contributed by atoms with Gasteiger partial charge in [-0.05, 0) is 24.7 Å². The first-order valence-electron chi connectivity index (χ1n) is 8.35. The molecule has 0 aliphatic carbocycles. The number of carbonyl (C=O) groups excluding carboxylic acids is 3. The fourth-order valence-electron chi connectivity index (χ4n) is 2.22. The van der Waals surface area contributed by atoms with Crippen molar-refractivity contribution in [2.75, 3.05) is 19.6 Å². The van der Waals surface area contributed by atoms with E-state index in [1.165, 1.54) is 17.1 Å². The van der Waals surface area contributed by atoms with Gasteiger partial charge in [0.15, 0.2) is 0 Å². The molecule has 0 radical (unpaired) electrons. The molecular formula is C17H29N3O3. The Morgan fingerprint density at radius 3 is 2.13 bits per heavy atom. The fraction of sp³-hybridized carbons (Fsp3) is 0.706. The van der Waals surface area contributed by atoms with Gasteiger partial charge in [0.1, 0.15) is 0 Å². The van der Waals surface area contributed by atoms with Crippen molar-refractivity contribution in [1.82, 2.24) is 15.5 Å². The molecular weight excluding hydrogens is 294 g/mol. The van der Waals surface area contributed by atoms with Gasteiger partial charge in [-0.2, -0.15) is 0 Å². The first-order chi connectivity index (χ1) is 10.8. The van der Waals surface area contributed by atoms with Crippen molar-refractivity contribution in [2.45, 2.75) is 52.9 Å².